The van der Waals surface area contributed by atoms with Crippen molar-refractivity contribution in [2.45, 2.75) is 33.1 Å². The van der Waals surface area contributed by atoms with E-state index in [-0.39, 0.29) is 11.8 Å². The lowest BCUT2D eigenvalue weighted by molar-refractivity contribution is -0.116. The number of rotatable bonds is 5. The topological polar surface area (TPSA) is 65.4 Å². The maximum Gasteiger partial charge on any atom is 0.226 e. The van der Waals surface area contributed by atoms with Crippen LogP contribution in [0.5, 0.6) is 11.5 Å². The molecule has 150 valence electrons. The molecule has 0 radical (unpaired) electrons. The summed E-state index contributed by atoms with van der Waals surface area (Å²) in [6.07, 6.45) is 2.17. The van der Waals surface area contributed by atoms with E-state index in [1.807, 2.05) is 55.1 Å². The predicted molar refractivity (Wildman–Crippen MR) is 112 cm³/mol. The van der Waals surface area contributed by atoms with Crippen LogP contribution >= 0.6 is 0 Å². The second kappa shape index (κ2) is 7.62. The number of methoxy groups -OCH3 is 1. The lowest BCUT2D eigenvalue weighted by atomic mass is 9.86. The van der Waals surface area contributed by atoms with Crippen LogP contribution in [0.3, 0.4) is 0 Å². The van der Waals surface area contributed by atoms with Crippen molar-refractivity contribution in [3.05, 3.63) is 64.8 Å². The van der Waals surface area contributed by atoms with Crippen molar-refractivity contribution >= 4 is 11.7 Å². The number of hydrogen-bond acceptors (Lipinski definition) is 4. The molecule has 6 nitrogen and oxygen atoms in total. The number of ether oxygens (including phenoxy) is 2. The fraction of sp³-hybridized carbons (Fsp3) is 0.304. The number of fused-ring (bicyclic) bond motifs is 1. The van der Waals surface area contributed by atoms with Gasteiger partial charge in [-0.15, -0.1) is 0 Å². The number of nitrogens with one attached hydrogen (secondary N) is 1. The molecule has 1 amide bonds. The first kappa shape index (κ1) is 19.1. The van der Waals surface area contributed by atoms with E-state index in [1.165, 1.54) is 5.56 Å². The number of hydrogen-bond donors (Lipinski definition) is 1. The highest BCUT2D eigenvalue weighted by Gasteiger charge is 2.33. The Morgan fingerprint density at radius 3 is 2.76 bits per heavy atom. The second-order valence-corrected chi connectivity index (χ2v) is 7.27. The van der Waals surface area contributed by atoms with E-state index >= 15 is 0 Å². The Bertz CT molecular complexity index is 1070. The van der Waals surface area contributed by atoms with E-state index in [0.717, 1.165) is 22.4 Å². The quantitative estimate of drug-likeness (QED) is 0.701. The molecule has 0 aliphatic carbocycles. The third kappa shape index (κ3) is 3.35. The summed E-state index contributed by atoms with van der Waals surface area (Å²) >= 11 is 0. The molecular weight excluding hydrogens is 366 g/mol. The van der Waals surface area contributed by atoms with Crippen molar-refractivity contribution in [1.82, 2.24) is 9.78 Å². The number of aryl methyl sites for hydroxylation is 2. The van der Waals surface area contributed by atoms with Gasteiger partial charge in [0.15, 0.2) is 11.5 Å². The van der Waals surface area contributed by atoms with E-state index < -0.39 is 0 Å². The molecule has 1 unspecified atom stereocenters. The molecule has 0 fully saturated rings. The van der Waals surface area contributed by atoms with E-state index in [0.29, 0.717) is 30.3 Å². The summed E-state index contributed by atoms with van der Waals surface area (Å²) in [6, 6.07) is 12.0. The van der Waals surface area contributed by atoms with Gasteiger partial charge in [0, 0.05) is 23.5 Å². The zero-order valence-corrected chi connectivity index (χ0v) is 17.2. The SMILES string of the molecule is CCOc1c(OC)cccc1C1CC(=O)Nc2c1cnn2-c1ccc(C)cc1C. The minimum Gasteiger partial charge on any atom is -0.493 e. The molecule has 1 N–H and O–H groups in total. The van der Waals surface area contributed by atoms with Gasteiger partial charge in [0.25, 0.3) is 0 Å². The molecule has 1 aromatic heterocycles. The zero-order valence-electron chi connectivity index (χ0n) is 17.2. The van der Waals surface area contributed by atoms with Crippen LogP contribution < -0.4 is 14.8 Å². The number of carbonyl (C=O) groups is 1. The molecule has 4 rings (SSSR count). The van der Waals surface area contributed by atoms with Crippen molar-refractivity contribution < 1.29 is 14.3 Å². The van der Waals surface area contributed by atoms with Crippen molar-refractivity contribution in [3.63, 3.8) is 0 Å². The molecular formula is C23H25N3O3. The summed E-state index contributed by atoms with van der Waals surface area (Å²) < 4.78 is 13.2. The first-order valence-corrected chi connectivity index (χ1v) is 9.78. The van der Waals surface area contributed by atoms with Crippen LogP contribution in [0, 0.1) is 13.8 Å². The van der Waals surface area contributed by atoms with Crippen LogP contribution in [-0.2, 0) is 4.79 Å². The van der Waals surface area contributed by atoms with Gasteiger partial charge in [0.05, 0.1) is 25.6 Å². The Hall–Kier alpha value is -3.28. The first-order valence-electron chi connectivity index (χ1n) is 9.78. The van der Waals surface area contributed by atoms with Gasteiger partial charge < -0.3 is 14.8 Å². The number of amides is 1. The fourth-order valence-corrected chi connectivity index (χ4v) is 3.99. The summed E-state index contributed by atoms with van der Waals surface area (Å²) in [7, 11) is 1.62. The molecule has 1 aliphatic rings. The maximum absolute atomic E-state index is 12.6. The van der Waals surface area contributed by atoms with Crippen molar-refractivity contribution in [2.24, 2.45) is 0 Å². The van der Waals surface area contributed by atoms with Gasteiger partial charge in [-0.2, -0.15) is 5.10 Å². The first-order chi connectivity index (χ1) is 14.0. The zero-order chi connectivity index (χ0) is 20.5. The fourth-order valence-electron chi connectivity index (χ4n) is 3.99. The summed E-state index contributed by atoms with van der Waals surface area (Å²) in [5.41, 5.74) is 5.14. The minimum atomic E-state index is -0.157. The molecule has 0 spiro atoms. The second-order valence-electron chi connectivity index (χ2n) is 7.27. The van der Waals surface area contributed by atoms with Crippen LogP contribution in [-0.4, -0.2) is 29.4 Å². The van der Waals surface area contributed by atoms with Crippen molar-refractivity contribution in [3.8, 4) is 17.2 Å². The van der Waals surface area contributed by atoms with E-state index in [9.17, 15) is 4.79 Å². The minimum absolute atomic E-state index is 0.0423. The van der Waals surface area contributed by atoms with Gasteiger partial charge >= 0.3 is 0 Å². The highest BCUT2D eigenvalue weighted by molar-refractivity contribution is 5.95. The number of aromatic nitrogens is 2. The normalized spacial score (nSPS) is 15.6. The van der Waals surface area contributed by atoms with Gasteiger partial charge in [0.2, 0.25) is 5.91 Å². The molecule has 1 aliphatic heterocycles. The van der Waals surface area contributed by atoms with Gasteiger partial charge in [-0.3, -0.25) is 4.79 Å². The number of para-hydroxylation sites is 1. The number of carbonyl (C=O) groups excluding carboxylic acids is 1. The lowest BCUT2D eigenvalue weighted by Crippen LogP contribution is -2.25. The van der Waals surface area contributed by atoms with E-state index in [4.69, 9.17) is 9.47 Å². The van der Waals surface area contributed by atoms with Gasteiger partial charge in [-0.1, -0.05) is 29.8 Å². The number of nitrogens with zero attached hydrogens (tertiary/aromatic N) is 2. The monoisotopic (exact) mass is 391 g/mol. The van der Waals surface area contributed by atoms with Crippen LogP contribution in [0.4, 0.5) is 5.82 Å². The Kier molecular flexibility index (Phi) is 5.01. The number of benzene rings is 2. The average molecular weight is 391 g/mol. The molecule has 1 atom stereocenters. The van der Waals surface area contributed by atoms with Crippen LogP contribution in [0.2, 0.25) is 0 Å². The third-order valence-corrected chi connectivity index (χ3v) is 5.29. The summed E-state index contributed by atoms with van der Waals surface area (Å²) in [5, 5.41) is 7.63. The number of anilines is 1. The largest absolute Gasteiger partial charge is 0.493 e. The Balaban J connectivity index is 1.85. The average Bonchev–Trinajstić information content (AvgIpc) is 3.11. The molecule has 3 aromatic rings. The molecule has 0 saturated heterocycles. The summed E-state index contributed by atoms with van der Waals surface area (Å²) in [6.45, 7) is 6.56. The van der Waals surface area contributed by atoms with Crippen LogP contribution in [0.15, 0.2) is 42.6 Å². The summed E-state index contributed by atoms with van der Waals surface area (Å²) in [5.74, 6) is 1.86. The Morgan fingerprint density at radius 1 is 1.21 bits per heavy atom. The molecule has 2 heterocycles. The molecule has 6 heteroatoms. The molecule has 2 aromatic carbocycles. The molecule has 0 saturated carbocycles. The molecule has 29 heavy (non-hydrogen) atoms. The Labute approximate surface area is 170 Å². The van der Waals surface area contributed by atoms with Crippen LogP contribution in [0.25, 0.3) is 5.69 Å². The highest BCUT2D eigenvalue weighted by Crippen LogP contribution is 2.44. The van der Waals surface area contributed by atoms with Crippen LogP contribution in [0.1, 0.15) is 41.5 Å². The smallest absolute Gasteiger partial charge is 0.226 e. The third-order valence-electron chi connectivity index (χ3n) is 5.29. The standard InChI is InChI=1S/C23H25N3O3/c1-5-29-22-16(7-6-8-20(22)28-4)17-12-21(27)25-23-18(17)13-24-26(23)19-10-9-14(2)11-15(19)3/h6-11,13,17H,5,12H2,1-4H3,(H,25,27). The highest BCUT2D eigenvalue weighted by atomic mass is 16.5. The summed E-state index contributed by atoms with van der Waals surface area (Å²) in [4.78, 5) is 12.6. The van der Waals surface area contributed by atoms with Gasteiger partial charge in [-0.25, -0.2) is 4.68 Å². The lowest BCUT2D eigenvalue weighted by Gasteiger charge is -2.26. The Morgan fingerprint density at radius 2 is 2.03 bits per heavy atom. The van der Waals surface area contributed by atoms with Gasteiger partial charge in [0.1, 0.15) is 5.82 Å². The van der Waals surface area contributed by atoms with E-state index in [2.05, 4.69) is 23.4 Å². The van der Waals surface area contributed by atoms with Crippen molar-refractivity contribution in [1.29, 1.82) is 0 Å². The van der Waals surface area contributed by atoms with Gasteiger partial charge in [-0.05, 0) is 38.5 Å². The van der Waals surface area contributed by atoms with E-state index in [1.54, 1.807) is 7.11 Å². The molecule has 0 bridgehead atoms. The predicted octanol–water partition coefficient (Wildman–Crippen LogP) is 4.37. The van der Waals surface area contributed by atoms with Crippen molar-refractivity contribution in [2.75, 3.05) is 19.0 Å². The maximum atomic E-state index is 12.6.